The van der Waals surface area contributed by atoms with Crippen molar-refractivity contribution < 1.29 is 14.0 Å². The standard InChI is InChI=1S/C19H20FN3O2/c1-3-22-10-11-23(18-7-5-4-6-17(18)22)19(25)14-8-9-15(20)16(12-14)21-13(2)24/h4-9,12H,3,10-11H2,1-2H3,(H,21,24). The first kappa shape index (κ1) is 17.0. The van der Waals surface area contributed by atoms with E-state index in [1.165, 1.54) is 25.1 Å². The van der Waals surface area contributed by atoms with Crippen LogP contribution in [0.4, 0.5) is 21.5 Å². The number of likely N-dealkylation sites (N-methyl/N-ethyl adjacent to an activating group) is 1. The zero-order valence-corrected chi connectivity index (χ0v) is 14.3. The van der Waals surface area contributed by atoms with Gasteiger partial charge in [0.2, 0.25) is 5.91 Å². The molecule has 2 amide bonds. The van der Waals surface area contributed by atoms with E-state index in [1.807, 2.05) is 24.3 Å². The molecule has 0 radical (unpaired) electrons. The third-order valence-electron chi connectivity index (χ3n) is 4.26. The van der Waals surface area contributed by atoms with Crippen LogP contribution in [0.3, 0.4) is 0 Å². The minimum Gasteiger partial charge on any atom is -0.368 e. The number of benzene rings is 2. The van der Waals surface area contributed by atoms with Gasteiger partial charge in [-0.05, 0) is 37.3 Å². The van der Waals surface area contributed by atoms with Crippen molar-refractivity contribution in [2.75, 3.05) is 34.8 Å². The van der Waals surface area contributed by atoms with Crippen LogP contribution in [0.1, 0.15) is 24.2 Å². The van der Waals surface area contributed by atoms with Gasteiger partial charge in [-0.1, -0.05) is 12.1 Å². The highest BCUT2D eigenvalue weighted by atomic mass is 19.1. The van der Waals surface area contributed by atoms with E-state index in [-0.39, 0.29) is 17.5 Å². The first-order chi connectivity index (χ1) is 12.0. The van der Waals surface area contributed by atoms with Crippen LogP contribution >= 0.6 is 0 Å². The Kier molecular flexibility index (Phi) is 4.70. The van der Waals surface area contributed by atoms with Crippen molar-refractivity contribution in [2.45, 2.75) is 13.8 Å². The topological polar surface area (TPSA) is 52.6 Å². The van der Waals surface area contributed by atoms with E-state index in [0.29, 0.717) is 12.1 Å². The average Bonchev–Trinajstić information content (AvgIpc) is 2.61. The third kappa shape index (κ3) is 3.33. The lowest BCUT2D eigenvalue weighted by atomic mass is 10.1. The highest BCUT2D eigenvalue weighted by Crippen LogP contribution is 2.33. The maximum atomic E-state index is 13.8. The van der Waals surface area contributed by atoms with Crippen LogP contribution in [0.15, 0.2) is 42.5 Å². The summed E-state index contributed by atoms with van der Waals surface area (Å²) >= 11 is 0. The van der Waals surface area contributed by atoms with E-state index in [2.05, 4.69) is 17.1 Å². The zero-order chi connectivity index (χ0) is 18.0. The Morgan fingerprint density at radius 3 is 2.52 bits per heavy atom. The highest BCUT2D eigenvalue weighted by molar-refractivity contribution is 6.09. The average molecular weight is 341 g/mol. The molecule has 3 rings (SSSR count). The van der Waals surface area contributed by atoms with Crippen molar-refractivity contribution in [1.82, 2.24) is 0 Å². The number of amides is 2. The second-order valence-corrected chi connectivity index (χ2v) is 5.90. The molecular weight excluding hydrogens is 321 g/mol. The predicted molar refractivity (Wildman–Crippen MR) is 96.7 cm³/mol. The van der Waals surface area contributed by atoms with E-state index in [0.717, 1.165) is 24.5 Å². The van der Waals surface area contributed by atoms with Gasteiger partial charge in [0.1, 0.15) is 5.82 Å². The molecule has 1 aliphatic rings. The van der Waals surface area contributed by atoms with Gasteiger partial charge in [-0.25, -0.2) is 4.39 Å². The molecule has 6 heteroatoms. The number of hydrogen-bond acceptors (Lipinski definition) is 3. The van der Waals surface area contributed by atoms with E-state index in [4.69, 9.17) is 0 Å². The summed E-state index contributed by atoms with van der Waals surface area (Å²) in [6, 6.07) is 11.8. The second-order valence-electron chi connectivity index (χ2n) is 5.90. The number of hydrogen-bond donors (Lipinski definition) is 1. The molecule has 0 spiro atoms. The molecule has 2 aromatic carbocycles. The van der Waals surface area contributed by atoms with Crippen LogP contribution < -0.4 is 15.1 Å². The summed E-state index contributed by atoms with van der Waals surface area (Å²) in [6.45, 7) is 5.53. The van der Waals surface area contributed by atoms with Gasteiger partial charge in [0.25, 0.3) is 5.91 Å². The molecule has 1 aliphatic heterocycles. The number of rotatable bonds is 3. The van der Waals surface area contributed by atoms with Crippen LogP contribution in [0, 0.1) is 5.82 Å². The molecule has 2 aromatic rings. The van der Waals surface area contributed by atoms with Crippen LogP contribution in [-0.2, 0) is 4.79 Å². The molecule has 0 bridgehead atoms. The van der Waals surface area contributed by atoms with E-state index in [1.54, 1.807) is 4.90 Å². The minimum absolute atomic E-state index is 0.0128. The van der Waals surface area contributed by atoms with Gasteiger partial charge in [0, 0.05) is 32.1 Å². The van der Waals surface area contributed by atoms with Gasteiger partial charge in [-0.15, -0.1) is 0 Å². The molecule has 1 heterocycles. The summed E-state index contributed by atoms with van der Waals surface area (Å²) in [4.78, 5) is 28.1. The number of carbonyl (C=O) groups excluding carboxylic acids is 2. The Hall–Kier alpha value is -2.89. The summed E-state index contributed by atoms with van der Waals surface area (Å²) < 4.78 is 13.8. The highest BCUT2D eigenvalue weighted by Gasteiger charge is 2.27. The Balaban J connectivity index is 1.95. The summed E-state index contributed by atoms with van der Waals surface area (Å²) in [5.41, 5.74) is 2.20. The number of nitrogens with one attached hydrogen (secondary N) is 1. The monoisotopic (exact) mass is 341 g/mol. The molecule has 0 aliphatic carbocycles. The minimum atomic E-state index is -0.567. The predicted octanol–water partition coefficient (Wildman–Crippen LogP) is 3.27. The first-order valence-electron chi connectivity index (χ1n) is 8.24. The van der Waals surface area contributed by atoms with Crippen LogP contribution in [0.5, 0.6) is 0 Å². The molecule has 0 unspecified atom stereocenters. The molecular formula is C19H20FN3O2. The van der Waals surface area contributed by atoms with Gasteiger partial charge in [-0.2, -0.15) is 0 Å². The summed E-state index contributed by atoms with van der Waals surface area (Å²) in [7, 11) is 0. The second kappa shape index (κ2) is 6.93. The van der Waals surface area contributed by atoms with Crippen LogP contribution in [0.25, 0.3) is 0 Å². The number of nitrogens with zero attached hydrogens (tertiary/aromatic N) is 2. The fourth-order valence-electron chi connectivity index (χ4n) is 3.06. The fraction of sp³-hybridized carbons (Fsp3) is 0.263. The zero-order valence-electron chi connectivity index (χ0n) is 14.3. The molecule has 0 aromatic heterocycles. The Morgan fingerprint density at radius 1 is 1.12 bits per heavy atom. The first-order valence-corrected chi connectivity index (χ1v) is 8.24. The van der Waals surface area contributed by atoms with Crippen LogP contribution in [-0.4, -0.2) is 31.4 Å². The summed E-state index contributed by atoms with van der Waals surface area (Å²) in [5, 5.41) is 2.41. The third-order valence-corrected chi connectivity index (χ3v) is 4.26. The van der Waals surface area contributed by atoms with E-state index >= 15 is 0 Å². The van der Waals surface area contributed by atoms with E-state index in [9.17, 15) is 14.0 Å². The van der Waals surface area contributed by atoms with Crippen molar-refractivity contribution in [3.8, 4) is 0 Å². The smallest absolute Gasteiger partial charge is 0.258 e. The number of carbonyl (C=O) groups is 2. The molecule has 0 saturated carbocycles. The van der Waals surface area contributed by atoms with Crippen molar-refractivity contribution >= 4 is 28.9 Å². The molecule has 0 saturated heterocycles. The Morgan fingerprint density at radius 2 is 1.84 bits per heavy atom. The van der Waals surface area contributed by atoms with Gasteiger partial charge in [0.15, 0.2) is 0 Å². The lowest BCUT2D eigenvalue weighted by Crippen LogP contribution is -2.44. The van der Waals surface area contributed by atoms with Crippen molar-refractivity contribution in [3.05, 3.63) is 53.8 Å². The molecule has 130 valence electrons. The molecule has 0 fully saturated rings. The summed E-state index contributed by atoms with van der Waals surface area (Å²) in [6.07, 6.45) is 0. The lowest BCUT2D eigenvalue weighted by molar-refractivity contribution is -0.114. The maximum Gasteiger partial charge on any atom is 0.258 e. The molecule has 1 N–H and O–H groups in total. The number of halogens is 1. The van der Waals surface area contributed by atoms with Crippen molar-refractivity contribution in [1.29, 1.82) is 0 Å². The Bertz CT molecular complexity index is 822. The normalized spacial score (nSPS) is 13.4. The number of fused-ring (bicyclic) bond motifs is 1. The molecule has 0 atom stereocenters. The van der Waals surface area contributed by atoms with E-state index < -0.39 is 5.82 Å². The number of anilines is 3. The van der Waals surface area contributed by atoms with Gasteiger partial charge in [0.05, 0.1) is 17.1 Å². The molecule has 5 nitrogen and oxygen atoms in total. The summed E-state index contributed by atoms with van der Waals surface area (Å²) in [5.74, 6) is -1.16. The number of para-hydroxylation sites is 2. The van der Waals surface area contributed by atoms with Crippen molar-refractivity contribution in [3.63, 3.8) is 0 Å². The SMILES string of the molecule is CCN1CCN(C(=O)c2ccc(F)c(NC(C)=O)c2)c2ccccc21. The lowest BCUT2D eigenvalue weighted by Gasteiger charge is -2.37. The molecule has 25 heavy (non-hydrogen) atoms. The Labute approximate surface area is 146 Å². The van der Waals surface area contributed by atoms with Crippen molar-refractivity contribution in [2.24, 2.45) is 0 Å². The largest absolute Gasteiger partial charge is 0.368 e. The fourth-order valence-corrected chi connectivity index (χ4v) is 3.06. The quantitative estimate of drug-likeness (QED) is 0.932. The van der Waals surface area contributed by atoms with Gasteiger partial charge < -0.3 is 15.1 Å². The van der Waals surface area contributed by atoms with Gasteiger partial charge >= 0.3 is 0 Å². The maximum absolute atomic E-state index is 13.8. The van der Waals surface area contributed by atoms with Crippen LogP contribution in [0.2, 0.25) is 0 Å². The van der Waals surface area contributed by atoms with Gasteiger partial charge in [-0.3, -0.25) is 9.59 Å².